The van der Waals surface area contributed by atoms with Crippen molar-refractivity contribution in [2.75, 3.05) is 40.0 Å². The maximum atomic E-state index is 6.01. The van der Waals surface area contributed by atoms with Crippen LogP contribution in [-0.2, 0) is 22.6 Å². The molecule has 0 radical (unpaired) electrons. The van der Waals surface area contributed by atoms with Gasteiger partial charge in [-0.3, -0.25) is 4.68 Å². The molecule has 1 aliphatic heterocycles. The standard InChI is InChI=1S/C25H39N5O2.HI/c1-5-26-25(29-14-12-23(13-15-29)32-17-9-16-31-4)27-18-24-20(2)28-30(21(24)3)19-22-10-7-6-8-11-22;/h6-8,10-11,23H,5,9,12-19H2,1-4H3,(H,26,27);1H. The van der Waals surface area contributed by atoms with Crippen molar-refractivity contribution in [3.05, 3.63) is 52.8 Å². The summed E-state index contributed by atoms with van der Waals surface area (Å²) in [5, 5.41) is 8.26. The molecule has 2 heterocycles. The van der Waals surface area contributed by atoms with Gasteiger partial charge in [-0.2, -0.15) is 5.10 Å². The number of likely N-dealkylation sites (tertiary alicyclic amines) is 1. The first-order chi connectivity index (χ1) is 15.6. The van der Waals surface area contributed by atoms with Gasteiger partial charge in [0.1, 0.15) is 0 Å². The monoisotopic (exact) mass is 569 g/mol. The van der Waals surface area contributed by atoms with Crippen LogP contribution in [0.2, 0.25) is 0 Å². The Hall–Kier alpha value is -1.65. The van der Waals surface area contributed by atoms with Crippen LogP contribution < -0.4 is 5.32 Å². The molecule has 0 saturated carbocycles. The minimum Gasteiger partial charge on any atom is -0.385 e. The molecule has 1 N–H and O–H groups in total. The number of aryl methyl sites for hydroxylation is 1. The SMILES string of the molecule is CCNC(=NCc1c(C)nn(Cc2ccccc2)c1C)N1CCC(OCCCOC)CC1.I. The van der Waals surface area contributed by atoms with E-state index >= 15 is 0 Å². The Morgan fingerprint density at radius 3 is 2.55 bits per heavy atom. The van der Waals surface area contributed by atoms with E-state index in [1.165, 1.54) is 16.8 Å². The quantitative estimate of drug-likeness (QED) is 0.202. The Bertz CT molecular complexity index is 848. The molecule has 3 rings (SSSR count). The Labute approximate surface area is 216 Å². The zero-order valence-electron chi connectivity index (χ0n) is 20.5. The van der Waals surface area contributed by atoms with E-state index in [1.807, 2.05) is 6.07 Å². The van der Waals surface area contributed by atoms with Gasteiger partial charge in [-0.05, 0) is 45.6 Å². The second-order valence-electron chi connectivity index (χ2n) is 8.37. The molecule has 8 heteroatoms. The van der Waals surface area contributed by atoms with Crippen LogP contribution in [0.3, 0.4) is 0 Å². The Morgan fingerprint density at radius 2 is 1.88 bits per heavy atom. The first-order valence-corrected chi connectivity index (χ1v) is 11.8. The largest absolute Gasteiger partial charge is 0.385 e. The molecular weight excluding hydrogens is 529 g/mol. The first-order valence-electron chi connectivity index (χ1n) is 11.8. The highest BCUT2D eigenvalue weighted by molar-refractivity contribution is 14.0. The third-order valence-corrected chi connectivity index (χ3v) is 6.02. The maximum Gasteiger partial charge on any atom is 0.194 e. The lowest BCUT2D eigenvalue weighted by Gasteiger charge is -2.34. The van der Waals surface area contributed by atoms with Crippen molar-refractivity contribution in [1.82, 2.24) is 20.0 Å². The number of guanidine groups is 1. The molecule has 0 atom stereocenters. The highest BCUT2D eigenvalue weighted by Gasteiger charge is 2.22. The van der Waals surface area contributed by atoms with E-state index in [-0.39, 0.29) is 24.0 Å². The highest BCUT2D eigenvalue weighted by atomic mass is 127. The molecule has 33 heavy (non-hydrogen) atoms. The predicted molar refractivity (Wildman–Crippen MR) is 145 cm³/mol. The lowest BCUT2D eigenvalue weighted by atomic mass is 10.1. The van der Waals surface area contributed by atoms with Crippen LogP contribution in [0.15, 0.2) is 35.3 Å². The van der Waals surface area contributed by atoms with E-state index in [4.69, 9.17) is 19.6 Å². The summed E-state index contributed by atoms with van der Waals surface area (Å²) in [7, 11) is 1.73. The van der Waals surface area contributed by atoms with Gasteiger partial charge in [0.15, 0.2) is 5.96 Å². The van der Waals surface area contributed by atoms with Crippen LogP contribution in [0.5, 0.6) is 0 Å². The third kappa shape index (κ3) is 8.26. The van der Waals surface area contributed by atoms with E-state index < -0.39 is 0 Å². The second-order valence-corrected chi connectivity index (χ2v) is 8.37. The van der Waals surface area contributed by atoms with Crippen LogP contribution in [0.25, 0.3) is 0 Å². The molecule has 1 aliphatic rings. The number of methoxy groups -OCH3 is 1. The predicted octanol–water partition coefficient (Wildman–Crippen LogP) is 4.15. The molecule has 0 spiro atoms. The highest BCUT2D eigenvalue weighted by Crippen LogP contribution is 2.18. The fourth-order valence-corrected chi connectivity index (χ4v) is 4.14. The molecule has 184 valence electrons. The van der Waals surface area contributed by atoms with Gasteiger partial charge in [0.25, 0.3) is 0 Å². The van der Waals surface area contributed by atoms with Crippen LogP contribution >= 0.6 is 24.0 Å². The summed E-state index contributed by atoms with van der Waals surface area (Å²) in [5.74, 6) is 0.986. The van der Waals surface area contributed by atoms with Crippen LogP contribution in [0.1, 0.15) is 48.7 Å². The first kappa shape index (κ1) is 27.6. The third-order valence-electron chi connectivity index (χ3n) is 6.02. The molecule has 1 saturated heterocycles. The number of nitrogens with zero attached hydrogens (tertiary/aromatic N) is 4. The van der Waals surface area contributed by atoms with Gasteiger partial charge in [-0.25, -0.2) is 4.99 Å². The van der Waals surface area contributed by atoms with Crippen LogP contribution in [0.4, 0.5) is 0 Å². The lowest BCUT2D eigenvalue weighted by molar-refractivity contribution is 0.00990. The van der Waals surface area contributed by atoms with Gasteiger partial charge in [0.2, 0.25) is 0 Å². The number of aliphatic imine (C=N–C) groups is 1. The summed E-state index contributed by atoms with van der Waals surface area (Å²) < 4.78 is 13.2. The molecule has 1 aromatic carbocycles. The van der Waals surface area contributed by atoms with E-state index in [0.717, 1.165) is 70.3 Å². The minimum atomic E-state index is 0. The fourth-order valence-electron chi connectivity index (χ4n) is 4.14. The van der Waals surface area contributed by atoms with Gasteiger partial charge in [-0.1, -0.05) is 30.3 Å². The number of benzene rings is 1. The summed E-state index contributed by atoms with van der Waals surface area (Å²) in [6.45, 7) is 12.1. The number of halogens is 1. The normalized spacial score (nSPS) is 14.9. The summed E-state index contributed by atoms with van der Waals surface area (Å²) in [6, 6.07) is 10.5. The van der Waals surface area contributed by atoms with Crippen LogP contribution in [-0.4, -0.2) is 66.7 Å². The van der Waals surface area contributed by atoms with Crippen molar-refractivity contribution < 1.29 is 9.47 Å². The molecule has 0 aliphatic carbocycles. The summed E-state index contributed by atoms with van der Waals surface area (Å²) in [6.07, 6.45) is 3.36. The van der Waals surface area contributed by atoms with Crippen LogP contribution in [0, 0.1) is 13.8 Å². The second kappa shape index (κ2) is 14.6. The zero-order valence-corrected chi connectivity index (χ0v) is 22.9. The summed E-state index contributed by atoms with van der Waals surface area (Å²) in [4.78, 5) is 7.34. The lowest BCUT2D eigenvalue weighted by Crippen LogP contribution is -2.47. The number of ether oxygens (including phenoxy) is 2. The van der Waals surface area contributed by atoms with Gasteiger partial charge in [0.05, 0.1) is 24.9 Å². The van der Waals surface area contributed by atoms with Crippen molar-refractivity contribution in [1.29, 1.82) is 0 Å². The van der Waals surface area contributed by atoms with Gasteiger partial charge < -0.3 is 19.7 Å². The van der Waals surface area contributed by atoms with Crippen molar-refractivity contribution in [3.8, 4) is 0 Å². The number of aromatic nitrogens is 2. The zero-order chi connectivity index (χ0) is 22.8. The van der Waals surface area contributed by atoms with Crippen molar-refractivity contribution in [2.24, 2.45) is 4.99 Å². The molecule has 0 bridgehead atoms. The molecule has 1 aromatic heterocycles. The topological polar surface area (TPSA) is 63.9 Å². The van der Waals surface area contributed by atoms with E-state index in [1.54, 1.807) is 7.11 Å². The van der Waals surface area contributed by atoms with Crippen molar-refractivity contribution in [3.63, 3.8) is 0 Å². The number of nitrogens with one attached hydrogen (secondary N) is 1. The Morgan fingerprint density at radius 1 is 1.15 bits per heavy atom. The molecular formula is C25H40IN5O2. The van der Waals surface area contributed by atoms with E-state index in [9.17, 15) is 0 Å². The van der Waals surface area contributed by atoms with E-state index in [0.29, 0.717) is 12.6 Å². The maximum absolute atomic E-state index is 6.01. The fraction of sp³-hybridized carbons (Fsp3) is 0.600. The summed E-state index contributed by atoms with van der Waals surface area (Å²) in [5.41, 5.74) is 4.72. The molecule has 2 aromatic rings. The molecule has 0 unspecified atom stereocenters. The van der Waals surface area contributed by atoms with Gasteiger partial charge >= 0.3 is 0 Å². The van der Waals surface area contributed by atoms with E-state index in [2.05, 4.69) is 59.9 Å². The number of hydrogen-bond acceptors (Lipinski definition) is 4. The van der Waals surface area contributed by atoms with Crippen molar-refractivity contribution >= 4 is 29.9 Å². The molecule has 0 amide bonds. The van der Waals surface area contributed by atoms with Gasteiger partial charge in [0, 0.05) is 51.2 Å². The molecule has 1 fully saturated rings. The van der Waals surface area contributed by atoms with Gasteiger partial charge in [-0.15, -0.1) is 24.0 Å². The average molecular weight is 570 g/mol. The number of hydrogen-bond donors (Lipinski definition) is 1. The number of rotatable bonds is 10. The molecule has 7 nitrogen and oxygen atoms in total. The smallest absolute Gasteiger partial charge is 0.194 e. The average Bonchev–Trinajstić information content (AvgIpc) is 3.07. The minimum absolute atomic E-state index is 0. The summed E-state index contributed by atoms with van der Waals surface area (Å²) >= 11 is 0. The Balaban J connectivity index is 0.00000385. The number of piperidine rings is 1. The van der Waals surface area contributed by atoms with Crippen molar-refractivity contribution in [2.45, 2.75) is 59.2 Å². The Kier molecular flexibility index (Phi) is 12.2.